The summed E-state index contributed by atoms with van der Waals surface area (Å²) in [6, 6.07) is 10.5. The first kappa shape index (κ1) is 14.7. The van der Waals surface area contributed by atoms with E-state index in [4.69, 9.17) is 9.72 Å². The van der Waals surface area contributed by atoms with E-state index in [0.29, 0.717) is 5.92 Å². The van der Waals surface area contributed by atoms with Gasteiger partial charge in [0.15, 0.2) is 0 Å². The van der Waals surface area contributed by atoms with Gasteiger partial charge in [-0.15, -0.1) is 11.3 Å². The first-order valence-corrected chi connectivity index (χ1v) is 8.53. The Hall–Kier alpha value is -1.23. The second-order valence-electron chi connectivity index (χ2n) is 5.38. The minimum Gasteiger partial charge on any atom is -0.381 e. The predicted octanol–water partition coefficient (Wildman–Crippen LogP) is 3.81. The fourth-order valence-electron chi connectivity index (χ4n) is 2.66. The number of hydrogen-bond acceptors (Lipinski definition) is 4. The van der Waals surface area contributed by atoms with Crippen molar-refractivity contribution >= 4 is 11.3 Å². The van der Waals surface area contributed by atoms with Crippen LogP contribution in [0, 0.1) is 0 Å². The van der Waals surface area contributed by atoms with E-state index in [1.54, 1.807) is 0 Å². The minimum absolute atomic E-state index is 0.474. The second kappa shape index (κ2) is 7.16. The summed E-state index contributed by atoms with van der Waals surface area (Å²) < 4.78 is 5.62. The molecule has 0 bridgehead atoms. The first-order valence-electron chi connectivity index (χ1n) is 7.72. The summed E-state index contributed by atoms with van der Waals surface area (Å²) in [6.07, 6.45) is 2.34. The average Bonchev–Trinajstić information content (AvgIpc) is 2.99. The fraction of sp³-hybridized carbons (Fsp3) is 0.471. The summed E-state index contributed by atoms with van der Waals surface area (Å²) in [6.45, 7) is 5.74. The molecule has 1 atom stereocenters. The molecular formula is C17H22N2OS. The van der Waals surface area contributed by atoms with E-state index in [0.717, 1.165) is 38.4 Å². The number of nitrogens with zero attached hydrogens (tertiary/aromatic N) is 1. The number of ether oxygens (including phenoxy) is 1. The molecule has 1 aromatic carbocycles. The smallest absolute Gasteiger partial charge is 0.0989 e. The van der Waals surface area contributed by atoms with Crippen LogP contribution in [-0.4, -0.2) is 24.7 Å². The van der Waals surface area contributed by atoms with Gasteiger partial charge < -0.3 is 10.1 Å². The van der Waals surface area contributed by atoms with Crippen LogP contribution in [0.25, 0.3) is 11.3 Å². The fourth-order valence-corrected chi connectivity index (χ4v) is 3.84. The van der Waals surface area contributed by atoms with E-state index >= 15 is 0 Å². The van der Waals surface area contributed by atoms with Crippen molar-refractivity contribution in [2.45, 2.75) is 32.2 Å². The normalized spacial score (nSPS) is 18.8. The third-order valence-corrected chi connectivity index (χ3v) is 5.02. The Balaban J connectivity index is 1.90. The van der Waals surface area contributed by atoms with Gasteiger partial charge in [0.2, 0.25) is 0 Å². The van der Waals surface area contributed by atoms with Crippen molar-refractivity contribution < 1.29 is 4.74 Å². The molecule has 2 aromatic rings. The molecular weight excluding hydrogens is 280 g/mol. The zero-order chi connectivity index (χ0) is 14.5. The summed E-state index contributed by atoms with van der Waals surface area (Å²) in [7, 11) is 0. The summed E-state index contributed by atoms with van der Waals surface area (Å²) in [5.74, 6) is 0.474. The van der Waals surface area contributed by atoms with E-state index in [9.17, 15) is 0 Å². The first-order chi connectivity index (χ1) is 10.4. The van der Waals surface area contributed by atoms with Gasteiger partial charge in [0.05, 0.1) is 17.3 Å². The average molecular weight is 302 g/mol. The lowest BCUT2D eigenvalue weighted by Crippen LogP contribution is -2.15. The van der Waals surface area contributed by atoms with E-state index in [1.165, 1.54) is 21.9 Å². The molecule has 1 fully saturated rings. The number of nitrogens with one attached hydrogen (secondary N) is 1. The van der Waals surface area contributed by atoms with E-state index in [2.05, 4.69) is 42.6 Å². The Morgan fingerprint density at radius 1 is 1.33 bits per heavy atom. The van der Waals surface area contributed by atoms with Crippen LogP contribution in [0.3, 0.4) is 0 Å². The van der Waals surface area contributed by atoms with Gasteiger partial charge in [-0.3, -0.25) is 0 Å². The highest BCUT2D eigenvalue weighted by molar-refractivity contribution is 7.12. The number of rotatable bonds is 5. The van der Waals surface area contributed by atoms with Crippen LogP contribution in [0.15, 0.2) is 30.3 Å². The van der Waals surface area contributed by atoms with Crippen LogP contribution in [-0.2, 0) is 11.3 Å². The molecule has 112 valence electrons. The van der Waals surface area contributed by atoms with Gasteiger partial charge in [-0.25, -0.2) is 4.98 Å². The van der Waals surface area contributed by atoms with Gasteiger partial charge in [0.1, 0.15) is 0 Å². The molecule has 3 rings (SSSR count). The highest BCUT2D eigenvalue weighted by atomic mass is 32.1. The number of aromatic nitrogens is 1. The van der Waals surface area contributed by atoms with Crippen LogP contribution in [0.4, 0.5) is 0 Å². The minimum atomic E-state index is 0.474. The van der Waals surface area contributed by atoms with Crippen molar-refractivity contribution in [2.75, 3.05) is 19.8 Å². The molecule has 4 heteroatoms. The van der Waals surface area contributed by atoms with E-state index < -0.39 is 0 Å². The molecule has 3 nitrogen and oxygen atoms in total. The quantitative estimate of drug-likeness (QED) is 0.912. The molecule has 0 saturated carbocycles. The lowest BCUT2D eigenvalue weighted by molar-refractivity contribution is 0.0804. The van der Waals surface area contributed by atoms with Crippen molar-refractivity contribution in [3.8, 4) is 11.3 Å². The van der Waals surface area contributed by atoms with Crippen molar-refractivity contribution in [1.29, 1.82) is 0 Å². The highest BCUT2D eigenvalue weighted by Crippen LogP contribution is 2.35. The van der Waals surface area contributed by atoms with Crippen molar-refractivity contribution in [1.82, 2.24) is 10.3 Å². The van der Waals surface area contributed by atoms with Crippen LogP contribution >= 0.6 is 11.3 Å². The maximum absolute atomic E-state index is 5.62. The lowest BCUT2D eigenvalue weighted by atomic mass is 10.0. The number of benzene rings is 1. The molecule has 1 unspecified atom stereocenters. The van der Waals surface area contributed by atoms with E-state index in [-0.39, 0.29) is 0 Å². The molecule has 1 aromatic heterocycles. The van der Waals surface area contributed by atoms with E-state index in [1.807, 2.05) is 11.3 Å². The van der Waals surface area contributed by atoms with Crippen LogP contribution < -0.4 is 5.32 Å². The van der Waals surface area contributed by atoms with Crippen molar-refractivity contribution in [3.05, 3.63) is 40.2 Å². The maximum Gasteiger partial charge on any atom is 0.0989 e. The highest BCUT2D eigenvalue weighted by Gasteiger charge is 2.22. The summed E-state index contributed by atoms with van der Waals surface area (Å²) in [4.78, 5) is 6.29. The molecule has 1 N–H and O–H groups in total. The molecule has 0 aliphatic carbocycles. The SMILES string of the molecule is CCNCc1sc(C2CCCOC2)nc1-c1ccccc1. The summed E-state index contributed by atoms with van der Waals surface area (Å²) in [5.41, 5.74) is 2.35. The zero-order valence-electron chi connectivity index (χ0n) is 12.5. The molecule has 0 amide bonds. The van der Waals surface area contributed by atoms with Crippen molar-refractivity contribution in [2.24, 2.45) is 0 Å². The summed E-state index contributed by atoms with van der Waals surface area (Å²) >= 11 is 1.85. The van der Waals surface area contributed by atoms with Gasteiger partial charge in [-0.05, 0) is 19.4 Å². The zero-order valence-corrected chi connectivity index (χ0v) is 13.3. The molecule has 21 heavy (non-hydrogen) atoms. The predicted molar refractivity (Wildman–Crippen MR) is 87.7 cm³/mol. The lowest BCUT2D eigenvalue weighted by Gasteiger charge is -2.19. The molecule has 1 aliphatic rings. The molecule has 1 aliphatic heterocycles. The topological polar surface area (TPSA) is 34.1 Å². The maximum atomic E-state index is 5.62. The standard InChI is InChI=1S/C17H22N2OS/c1-2-18-11-15-16(13-7-4-3-5-8-13)19-17(21-15)14-9-6-10-20-12-14/h3-5,7-8,14,18H,2,6,9-12H2,1H3. The van der Waals surface area contributed by atoms with Gasteiger partial charge in [0.25, 0.3) is 0 Å². The van der Waals surface area contributed by atoms with Crippen LogP contribution in [0.1, 0.15) is 35.6 Å². The number of hydrogen-bond donors (Lipinski definition) is 1. The van der Waals surface area contributed by atoms with Crippen LogP contribution in [0.5, 0.6) is 0 Å². The van der Waals surface area contributed by atoms with Gasteiger partial charge in [0, 0.05) is 29.5 Å². The van der Waals surface area contributed by atoms with Gasteiger partial charge in [-0.2, -0.15) is 0 Å². The van der Waals surface area contributed by atoms with Gasteiger partial charge in [-0.1, -0.05) is 37.3 Å². The Kier molecular flexibility index (Phi) is 5.01. The van der Waals surface area contributed by atoms with Crippen molar-refractivity contribution in [3.63, 3.8) is 0 Å². The third kappa shape index (κ3) is 3.51. The second-order valence-corrected chi connectivity index (χ2v) is 6.50. The number of thiazole rings is 1. The Morgan fingerprint density at radius 3 is 2.90 bits per heavy atom. The largest absolute Gasteiger partial charge is 0.381 e. The molecule has 0 spiro atoms. The third-order valence-electron chi connectivity index (χ3n) is 3.81. The Labute approximate surface area is 130 Å². The van der Waals surface area contributed by atoms with Gasteiger partial charge >= 0.3 is 0 Å². The Morgan fingerprint density at radius 2 is 2.19 bits per heavy atom. The summed E-state index contributed by atoms with van der Waals surface area (Å²) in [5, 5.41) is 4.67. The Bertz CT molecular complexity index is 561. The molecule has 2 heterocycles. The van der Waals surface area contributed by atoms with Crippen LogP contribution in [0.2, 0.25) is 0 Å². The molecule has 1 saturated heterocycles. The monoisotopic (exact) mass is 302 g/mol. The molecule has 0 radical (unpaired) electrons.